The van der Waals surface area contributed by atoms with Gasteiger partial charge in [-0.3, -0.25) is 9.59 Å². The Morgan fingerprint density at radius 1 is 1.09 bits per heavy atom. The summed E-state index contributed by atoms with van der Waals surface area (Å²) in [6.07, 6.45) is 1.38. The van der Waals surface area contributed by atoms with Crippen LogP contribution in [0, 0.1) is 0 Å². The number of nitrogens with zero attached hydrogens (tertiary/aromatic N) is 1. The van der Waals surface area contributed by atoms with Crippen LogP contribution in [0.1, 0.15) is 44.7 Å². The SMILES string of the molecule is CC[C@@H](C)NC(=O)[C@@H](CC)N(Cc1ccc(OC)cc1)C(=O)CSCc1ccccc1Cl. The van der Waals surface area contributed by atoms with E-state index >= 15 is 0 Å². The maximum absolute atomic E-state index is 13.3. The van der Waals surface area contributed by atoms with Crippen molar-refractivity contribution in [2.75, 3.05) is 12.9 Å². The molecular formula is C25H33ClN2O3S. The Morgan fingerprint density at radius 3 is 2.38 bits per heavy atom. The number of halogens is 1. The predicted octanol–water partition coefficient (Wildman–Crippen LogP) is 5.30. The van der Waals surface area contributed by atoms with Crippen LogP contribution < -0.4 is 10.1 Å². The van der Waals surface area contributed by atoms with Crippen LogP contribution in [0.4, 0.5) is 0 Å². The van der Waals surface area contributed by atoms with Gasteiger partial charge in [-0.05, 0) is 49.1 Å². The molecule has 0 radical (unpaired) electrons. The van der Waals surface area contributed by atoms with Gasteiger partial charge in [0.05, 0.1) is 12.9 Å². The van der Waals surface area contributed by atoms with Crippen LogP contribution in [0.3, 0.4) is 0 Å². The van der Waals surface area contributed by atoms with Crippen LogP contribution in [0.25, 0.3) is 0 Å². The molecule has 2 amide bonds. The van der Waals surface area contributed by atoms with Crippen molar-refractivity contribution < 1.29 is 14.3 Å². The highest BCUT2D eigenvalue weighted by Crippen LogP contribution is 2.22. The number of carbonyl (C=O) groups excluding carboxylic acids is 2. The number of ether oxygens (including phenoxy) is 1. The van der Waals surface area contributed by atoms with E-state index < -0.39 is 6.04 Å². The van der Waals surface area contributed by atoms with Gasteiger partial charge in [0.2, 0.25) is 11.8 Å². The number of benzene rings is 2. The predicted molar refractivity (Wildman–Crippen MR) is 133 cm³/mol. The van der Waals surface area contributed by atoms with Gasteiger partial charge in [0.25, 0.3) is 0 Å². The van der Waals surface area contributed by atoms with Crippen molar-refractivity contribution in [2.45, 2.75) is 58.0 Å². The molecule has 0 bridgehead atoms. The smallest absolute Gasteiger partial charge is 0.243 e. The van der Waals surface area contributed by atoms with E-state index in [1.807, 2.05) is 69.3 Å². The first kappa shape index (κ1) is 26.1. The topological polar surface area (TPSA) is 58.6 Å². The second-order valence-corrected chi connectivity index (χ2v) is 9.09. The number of hydrogen-bond donors (Lipinski definition) is 1. The van der Waals surface area contributed by atoms with Crippen molar-refractivity contribution in [3.05, 3.63) is 64.7 Å². The lowest BCUT2D eigenvalue weighted by atomic mass is 10.1. The molecule has 32 heavy (non-hydrogen) atoms. The van der Waals surface area contributed by atoms with Gasteiger partial charge in [-0.25, -0.2) is 0 Å². The Kier molecular flexibility index (Phi) is 10.9. The third-order valence-corrected chi connectivity index (χ3v) is 6.67. The maximum Gasteiger partial charge on any atom is 0.243 e. The van der Waals surface area contributed by atoms with Gasteiger partial charge in [0.1, 0.15) is 11.8 Å². The molecule has 2 aromatic rings. The van der Waals surface area contributed by atoms with Crippen molar-refractivity contribution in [2.24, 2.45) is 0 Å². The second kappa shape index (κ2) is 13.4. The summed E-state index contributed by atoms with van der Waals surface area (Å²) in [5, 5.41) is 3.73. The molecule has 0 aromatic heterocycles. The first-order chi connectivity index (χ1) is 15.4. The number of nitrogens with one attached hydrogen (secondary N) is 1. The van der Waals surface area contributed by atoms with E-state index in [1.54, 1.807) is 12.0 Å². The zero-order valence-corrected chi connectivity index (χ0v) is 20.8. The Hall–Kier alpha value is -2.18. The molecule has 5 nitrogen and oxygen atoms in total. The summed E-state index contributed by atoms with van der Waals surface area (Å²) in [6, 6.07) is 14.7. The summed E-state index contributed by atoms with van der Waals surface area (Å²) >= 11 is 7.74. The monoisotopic (exact) mass is 476 g/mol. The molecule has 2 rings (SSSR count). The summed E-state index contributed by atoms with van der Waals surface area (Å²) in [6.45, 7) is 6.30. The molecule has 0 heterocycles. The molecule has 1 N–H and O–H groups in total. The Labute approximate surface area is 200 Å². The number of hydrogen-bond acceptors (Lipinski definition) is 4. The fourth-order valence-electron chi connectivity index (χ4n) is 3.23. The van der Waals surface area contributed by atoms with Gasteiger partial charge < -0.3 is 15.0 Å². The van der Waals surface area contributed by atoms with E-state index in [1.165, 1.54) is 11.8 Å². The molecule has 0 saturated carbocycles. The van der Waals surface area contributed by atoms with Crippen LogP contribution in [0.15, 0.2) is 48.5 Å². The van der Waals surface area contributed by atoms with Crippen LogP contribution >= 0.6 is 23.4 Å². The number of rotatable bonds is 12. The molecule has 2 atom stereocenters. The molecule has 0 aliphatic rings. The number of carbonyl (C=O) groups is 2. The van der Waals surface area contributed by atoms with E-state index in [2.05, 4.69) is 5.32 Å². The fourth-order valence-corrected chi connectivity index (χ4v) is 4.43. The quantitative estimate of drug-likeness (QED) is 0.451. The Balaban J connectivity index is 2.15. The lowest BCUT2D eigenvalue weighted by Crippen LogP contribution is -2.51. The summed E-state index contributed by atoms with van der Waals surface area (Å²) < 4.78 is 5.23. The second-order valence-electron chi connectivity index (χ2n) is 7.70. The van der Waals surface area contributed by atoms with E-state index in [9.17, 15) is 9.59 Å². The van der Waals surface area contributed by atoms with E-state index in [0.29, 0.717) is 23.7 Å². The highest BCUT2D eigenvalue weighted by molar-refractivity contribution is 7.99. The molecule has 2 aromatic carbocycles. The Bertz CT molecular complexity index is 876. The largest absolute Gasteiger partial charge is 0.497 e. The molecular weight excluding hydrogens is 444 g/mol. The van der Waals surface area contributed by atoms with Crippen LogP contribution in [-0.2, 0) is 21.9 Å². The first-order valence-corrected chi connectivity index (χ1v) is 12.5. The van der Waals surface area contributed by atoms with Crippen molar-refractivity contribution >= 4 is 35.2 Å². The summed E-state index contributed by atoms with van der Waals surface area (Å²) in [7, 11) is 1.62. The highest BCUT2D eigenvalue weighted by atomic mass is 35.5. The highest BCUT2D eigenvalue weighted by Gasteiger charge is 2.29. The number of amides is 2. The van der Waals surface area contributed by atoms with Crippen LogP contribution in [-0.4, -0.2) is 41.7 Å². The van der Waals surface area contributed by atoms with Gasteiger partial charge in [0.15, 0.2) is 0 Å². The fraction of sp³-hybridized carbons (Fsp3) is 0.440. The van der Waals surface area contributed by atoms with Gasteiger partial charge in [0, 0.05) is 23.4 Å². The van der Waals surface area contributed by atoms with Crippen LogP contribution in [0.5, 0.6) is 5.75 Å². The third kappa shape index (κ3) is 7.75. The van der Waals surface area contributed by atoms with E-state index in [4.69, 9.17) is 16.3 Å². The standard InChI is InChI=1S/C25H33ClN2O3S/c1-5-18(3)27-25(30)23(6-2)28(15-19-11-13-21(31-4)14-12-19)24(29)17-32-16-20-9-7-8-10-22(20)26/h7-14,18,23H,5-6,15-17H2,1-4H3,(H,27,30)/t18-,23-/m1/s1. The number of thioether (sulfide) groups is 1. The Morgan fingerprint density at radius 2 is 1.78 bits per heavy atom. The molecule has 174 valence electrons. The minimum atomic E-state index is -0.528. The molecule has 0 unspecified atom stereocenters. The van der Waals surface area contributed by atoms with E-state index in [-0.39, 0.29) is 23.6 Å². The van der Waals surface area contributed by atoms with Crippen molar-refractivity contribution in [1.29, 1.82) is 0 Å². The van der Waals surface area contributed by atoms with E-state index in [0.717, 1.165) is 23.3 Å². The van der Waals surface area contributed by atoms with Crippen LogP contribution in [0.2, 0.25) is 5.02 Å². The molecule has 0 saturated heterocycles. The molecule has 0 spiro atoms. The van der Waals surface area contributed by atoms with Gasteiger partial charge in [-0.15, -0.1) is 11.8 Å². The van der Waals surface area contributed by atoms with Gasteiger partial charge >= 0.3 is 0 Å². The van der Waals surface area contributed by atoms with Crippen molar-refractivity contribution in [3.8, 4) is 5.75 Å². The van der Waals surface area contributed by atoms with Gasteiger partial charge in [-0.2, -0.15) is 0 Å². The van der Waals surface area contributed by atoms with Crippen molar-refractivity contribution in [1.82, 2.24) is 10.2 Å². The summed E-state index contributed by atoms with van der Waals surface area (Å²) in [5.41, 5.74) is 1.94. The molecule has 7 heteroatoms. The zero-order valence-electron chi connectivity index (χ0n) is 19.3. The molecule has 0 fully saturated rings. The average Bonchev–Trinajstić information content (AvgIpc) is 2.80. The maximum atomic E-state index is 13.3. The van der Waals surface area contributed by atoms with Gasteiger partial charge in [-0.1, -0.05) is 55.8 Å². The average molecular weight is 477 g/mol. The summed E-state index contributed by atoms with van der Waals surface area (Å²) in [4.78, 5) is 27.9. The number of methoxy groups -OCH3 is 1. The minimum absolute atomic E-state index is 0.0593. The normalized spacial score (nSPS) is 12.7. The lowest BCUT2D eigenvalue weighted by molar-refractivity contribution is -0.139. The van der Waals surface area contributed by atoms with Crippen molar-refractivity contribution in [3.63, 3.8) is 0 Å². The summed E-state index contributed by atoms with van der Waals surface area (Å²) in [5.74, 6) is 1.49. The minimum Gasteiger partial charge on any atom is -0.497 e. The zero-order chi connectivity index (χ0) is 23.5. The molecule has 0 aliphatic heterocycles. The third-order valence-electron chi connectivity index (χ3n) is 5.34. The first-order valence-electron chi connectivity index (χ1n) is 10.9. The lowest BCUT2D eigenvalue weighted by Gasteiger charge is -2.31. The molecule has 0 aliphatic carbocycles.